The number of carboxylic acids is 1. The predicted octanol–water partition coefficient (Wildman–Crippen LogP) is 1.85. The van der Waals surface area contributed by atoms with Gasteiger partial charge in [-0.1, -0.05) is 6.42 Å². The number of hydrogen-bond donors (Lipinski definition) is 2. The van der Waals surface area contributed by atoms with Crippen molar-refractivity contribution in [3.63, 3.8) is 0 Å². The van der Waals surface area contributed by atoms with E-state index in [1.165, 1.54) is 6.42 Å². The van der Waals surface area contributed by atoms with Crippen molar-refractivity contribution in [2.24, 2.45) is 22.5 Å². The molecule has 0 aromatic heterocycles. The first kappa shape index (κ1) is 16.3. The molecule has 1 aliphatic carbocycles. The van der Waals surface area contributed by atoms with Gasteiger partial charge in [-0.25, -0.2) is 0 Å². The average molecular weight is 296 g/mol. The van der Waals surface area contributed by atoms with Gasteiger partial charge < -0.3 is 15.7 Å². The van der Waals surface area contributed by atoms with Crippen LogP contribution in [0, 0.1) is 16.7 Å². The molecule has 0 radical (unpaired) electrons. The molecule has 1 aliphatic heterocycles. The number of hydrogen-bond acceptors (Lipinski definition) is 3. The summed E-state index contributed by atoms with van der Waals surface area (Å²) in [5, 5.41) is 9.37. The lowest BCUT2D eigenvalue weighted by atomic mass is 9.66. The number of amides is 1. The van der Waals surface area contributed by atoms with Gasteiger partial charge in [0.25, 0.3) is 0 Å². The highest BCUT2D eigenvalue weighted by Gasteiger charge is 2.42. The number of nitrogens with two attached hydrogens (primary N) is 1. The fraction of sp³-hybridized carbons (Fsp3) is 0.875. The third-order valence-electron chi connectivity index (χ3n) is 5.72. The zero-order chi connectivity index (χ0) is 15.7. The van der Waals surface area contributed by atoms with Crippen molar-refractivity contribution in [3.8, 4) is 0 Å². The Bertz CT molecular complexity index is 410. The highest BCUT2D eigenvalue weighted by atomic mass is 16.4. The number of piperidine rings is 1. The van der Waals surface area contributed by atoms with Crippen LogP contribution in [0.25, 0.3) is 0 Å². The Balaban J connectivity index is 1.97. The second kappa shape index (κ2) is 5.95. The highest BCUT2D eigenvalue weighted by Crippen LogP contribution is 2.43. The van der Waals surface area contributed by atoms with Crippen molar-refractivity contribution < 1.29 is 14.7 Å². The second-order valence-electron chi connectivity index (χ2n) is 7.44. The van der Waals surface area contributed by atoms with Crippen molar-refractivity contribution in [1.29, 1.82) is 0 Å². The van der Waals surface area contributed by atoms with E-state index in [2.05, 4.69) is 0 Å². The van der Waals surface area contributed by atoms with Crippen LogP contribution in [0.4, 0.5) is 0 Å². The summed E-state index contributed by atoms with van der Waals surface area (Å²) in [4.78, 5) is 25.8. The first-order chi connectivity index (χ1) is 9.81. The molecule has 5 nitrogen and oxygen atoms in total. The van der Waals surface area contributed by atoms with E-state index >= 15 is 0 Å². The van der Waals surface area contributed by atoms with Crippen LogP contribution < -0.4 is 5.73 Å². The van der Waals surface area contributed by atoms with E-state index in [0.717, 1.165) is 32.2 Å². The summed E-state index contributed by atoms with van der Waals surface area (Å²) >= 11 is 0. The fourth-order valence-electron chi connectivity index (χ4n) is 3.53. The molecule has 21 heavy (non-hydrogen) atoms. The van der Waals surface area contributed by atoms with Gasteiger partial charge in [-0.3, -0.25) is 9.59 Å². The van der Waals surface area contributed by atoms with Gasteiger partial charge in [0, 0.05) is 19.5 Å². The Labute approximate surface area is 126 Å². The van der Waals surface area contributed by atoms with Crippen molar-refractivity contribution in [2.75, 3.05) is 19.6 Å². The zero-order valence-corrected chi connectivity index (χ0v) is 13.2. The minimum atomic E-state index is -0.778. The molecule has 1 saturated carbocycles. The summed E-state index contributed by atoms with van der Waals surface area (Å²) in [5.41, 5.74) is 5.08. The molecule has 1 amide bonds. The van der Waals surface area contributed by atoms with Gasteiger partial charge in [0.1, 0.15) is 0 Å². The Hall–Kier alpha value is -1.10. The summed E-state index contributed by atoms with van der Waals surface area (Å²) < 4.78 is 0. The third-order valence-corrected chi connectivity index (χ3v) is 5.72. The molecular weight excluding hydrogens is 268 g/mol. The smallest absolute Gasteiger partial charge is 0.309 e. The first-order valence-electron chi connectivity index (χ1n) is 8.02. The predicted molar refractivity (Wildman–Crippen MR) is 80.7 cm³/mol. The normalized spacial score (nSPS) is 25.3. The Morgan fingerprint density at radius 3 is 2.48 bits per heavy atom. The molecule has 2 fully saturated rings. The zero-order valence-electron chi connectivity index (χ0n) is 13.2. The standard InChI is InChI=1S/C16H28N2O3/c1-15(2,14(20)21)12-5-3-8-18(10-12)13(19)9-16(11-17)6-4-7-16/h12H,3-11,17H2,1-2H3,(H,20,21). The first-order valence-corrected chi connectivity index (χ1v) is 8.02. The fourth-order valence-corrected chi connectivity index (χ4v) is 3.53. The maximum atomic E-state index is 12.5. The van der Waals surface area contributed by atoms with Crippen LogP contribution in [0.5, 0.6) is 0 Å². The van der Waals surface area contributed by atoms with Crippen LogP contribution in [0.15, 0.2) is 0 Å². The highest BCUT2D eigenvalue weighted by molar-refractivity contribution is 5.78. The van der Waals surface area contributed by atoms with E-state index in [4.69, 9.17) is 5.73 Å². The molecule has 120 valence electrons. The van der Waals surface area contributed by atoms with Gasteiger partial charge in [-0.2, -0.15) is 0 Å². The Morgan fingerprint density at radius 2 is 2.00 bits per heavy atom. The number of aliphatic carboxylic acids is 1. The van der Waals surface area contributed by atoms with Crippen LogP contribution in [0.2, 0.25) is 0 Å². The molecule has 5 heteroatoms. The van der Waals surface area contributed by atoms with Gasteiger partial charge in [-0.05, 0) is 57.4 Å². The number of rotatable bonds is 5. The topological polar surface area (TPSA) is 83.6 Å². The summed E-state index contributed by atoms with van der Waals surface area (Å²) in [6, 6.07) is 0. The van der Waals surface area contributed by atoms with Gasteiger partial charge >= 0.3 is 5.97 Å². The summed E-state index contributed by atoms with van der Waals surface area (Å²) in [7, 11) is 0. The van der Waals surface area contributed by atoms with Crippen molar-refractivity contribution in [2.45, 2.75) is 52.4 Å². The maximum absolute atomic E-state index is 12.5. The molecule has 0 aromatic rings. The maximum Gasteiger partial charge on any atom is 0.309 e. The number of carboxylic acid groups (broad SMARTS) is 1. The molecule has 1 saturated heterocycles. The Kier molecular flexibility index (Phi) is 4.61. The van der Waals surface area contributed by atoms with E-state index in [1.54, 1.807) is 13.8 Å². The Morgan fingerprint density at radius 1 is 1.33 bits per heavy atom. The quantitative estimate of drug-likeness (QED) is 0.811. The molecular formula is C16H28N2O3. The molecule has 1 unspecified atom stereocenters. The molecule has 0 spiro atoms. The van der Waals surface area contributed by atoms with Crippen LogP contribution in [0.1, 0.15) is 52.4 Å². The lowest BCUT2D eigenvalue weighted by Crippen LogP contribution is -2.49. The largest absolute Gasteiger partial charge is 0.481 e. The van der Waals surface area contributed by atoms with Crippen LogP contribution >= 0.6 is 0 Å². The van der Waals surface area contributed by atoms with E-state index in [9.17, 15) is 14.7 Å². The molecule has 3 N–H and O–H groups in total. The van der Waals surface area contributed by atoms with E-state index in [0.29, 0.717) is 19.5 Å². The molecule has 0 aromatic carbocycles. The molecule has 2 aliphatic rings. The number of carbonyl (C=O) groups is 2. The SMILES string of the molecule is CC(C)(C(=O)O)C1CCCN(C(=O)CC2(CN)CCC2)C1. The molecule has 1 atom stereocenters. The number of likely N-dealkylation sites (tertiary alicyclic amines) is 1. The summed E-state index contributed by atoms with van der Waals surface area (Å²) in [6.45, 7) is 5.43. The molecule has 0 bridgehead atoms. The minimum Gasteiger partial charge on any atom is -0.481 e. The number of carbonyl (C=O) groups excluding carboxylic acids is 1. The van der Waals surface area contributed by atoms with E-state index in [-0.39, 0.29) is 17.2 Å². The van der Waals surface area contributed by atoms with Crippen molar-refractivity contribution >= 4 is 11.9 Å². The number of nitrogens with zero attached hydrogens (tertiary/aromatic N) is 1. The summed E-state index contributed by atoms with van der Waals surface area (Å²) in [6.07, 6.45) is 5.57. The molecule has 2 rings (SSSR count). The lowest BCUT2D eigenvalue weighted by Gasteiger charge is -2.44. The average Bonchev–Trinajstić information content (AvgIpc) is 2.42. The van der Waals surface area contributed by atoms with Crippen molar-refractivity contribution in [3.05, 3.63) is 0 Å². The van der Waals surface area contributed by atoms with Gasteiger partial charge in [0.15, 0.2) is 0 Å². The lowest BCUT2D eigenvalue weighted by molar-refractivity contribution is -0.153. The van der Waals surface area contributed by atoms with E-state index < -0.39 is 11.4 Å². The van der Waals surface area contributed by atoms with Crippen LogP contribution in [-0.4, -0.2) is 41.5 Å². The van der Waals surface area contributed by atoms with Gasteiger partial charge in [0.2, 0.25) is 5.91 Å². The van der Waals surface area contributed by atoms with Gasteiger partial charge in [-0.15, -0.1) is 0 Å². The van der Waals surface area contributed by atoms with E-state index in [1.807, 2.05) is 4.90 Å². The van der Waals surface area contributed by atoms with Gasteiger partial charge in [0.05, 0.1) is 5.41 Å². The third kappa shape index (κ3) is 3.23. The monoisotopic (exact) mass is 296 g/mol. The van der Waals surface area contributed by atoms with Crippen LogP contribution in [-0.2, 0) is 9.59 Å². The molecule has 1 heterocycles. The minimum absolute atomic E-state index is 0.0202. The second-order valence-corrected chi connectivity index (χ2v) is 7.44. The summed E-state index contributed by atoms with van der Waals surface area (Å²) in [5.74, 6) is -0.590. The van der Waals surface area contributed by atoms with Crippen LogP contribution in [0.3, 0.4) is 0 Å². The van der Waals surface area contributed by atoms with Crippen molar-refractivity contribution in [1.82, 2.24) is 4.90 Å².